The van der Waals surface area contributed by atoms with Gasteiger partial charge in [-0.1, -0.05) is 0 Å². The van der Waals surface area contributed by atoms with Gasteiger partial charge in [-0.15, -0.1) is 0 Å². The number of alkyl halides is 2. The van der Waals surface area contributed by atoms with Crippen LogP contribution in [-0.2, 0) is 0 Å². The molecule has 122 valence electrons. The second-order valence-corrected chi connectivity index (χ2v) is 4.38. The van der Waals surface area contributed by atoms with Crippen molar-refractivity contribution < 1.29 is 27.5 Å². The van der Waals surface area contributed by atoms with Crippen LogP contribution in [0.2, 0.25) is 0 Å². The van der Waals surface area contributed by atoms with Crippen LogP contribution in [-0.4, -0.2) is 25.8 Å². The Balaban J connectivity index is 2.05. The molecule has 0 unspecified atom stereocenters. The lowest BCUT2D eigenvalue weighted by Crippen LogP contribution is -2.17. The molecule has 8 heteroatoms. The van der Waals surface area contributed by atoms with Crippen molar-refractivity contribution in [2.45, 2.75) is 13.5 Å². The van der Waals surface area contributed by atoms with Crippen LogP contribution in [0.3, 0.4) is 0 Å². The Morgan fingerprint density at radius 2 is 2.13 bits per heavy atom. The molecule has 0 atom stereocenters. The third kappa shape index (κ3) is 4.29. The van der Waals surface area contributed by atoms with Gasteiger partial charge in [0.05, 0.1) is 25.2 Å². The number of carbonyl (C=O) groups is 1. The van der Waals surface area contributed by atoms with Crippen LogP contribution in [0.25, 0.3) is 0 Å². The number of methoxy groups -OCH3 is 1. The van der Waals surface area contributed by atoms with Crippen LogP contribution in [0.15, 0.2) is 40.0 Å². The van der Waals surface area contributed by atoms with Crippen LogP contribution in [0, 0.1) is 6.92 Å². The number of hydrogen-bond acceptors (Lipinski definition) is 5. The van der Waals surface area contributed by atoms with Crippen molar-refractivity contribution in [1.82, 2.24) is 5.43 Å². The molecule has 1 aromatic heterocycles. The third-order valence-corrected chi connectivity index (χ3v) is 2.89. The van der Waals surface area contributed by atoms with Crippen molar-refractivity contribution in [1.29, 1.82) is 0 Å². The molecule has 1 N–H and O–H groups in total. The number of rotatable bonds is 6. The summed E-state index contributed by atoms with van der Waals surface area (Å²) in [4.78, 5) is 11.8. The summed E-state index contributed by atoms with van der Waals surface area (Å²) in [6, 6.07) is 5.81. The number of furan rings is 1. The summed E-state index contributed by atoms with van der Waals surface area (Å²) in [7, 11) is 1.33. The second-order valence-electron chi connectivity index (χ2n) is 4.38. The number of hydrogen-bond donors (Lipinski definition) is 1. The highest BCUT2D eigenvalue weighted by atomic mass is 19.3. The predicted molar refractivity (Wildman–Crippen MR) is 78.1 cm³/mol. The van der Waals surface area contributed by atoms with Gasteiger partial charge in [-0.25, -0.2) is 5.43 Å². The number of nitrogens with one attached hydrogen (secondary N) is 1. The summed E-state index contributed by atoms with van der Waals surface area (Å²) in [5, 5.41) is 3.79. The lowest BCUT2D eigenvalue weighted by atomic mass is 10.2. The zero-order valence-corrected chi connectivity index (χ0v) is 12.4. The molecule has 0 aliphatic rings. The van der Waals surface area contributed by atoms with Crippen LogP contribution in [0.4, 0.5) is 8.78 Å². The topological polar surface area (TPSA) is 73.1 Å². The fourth-order valence-corrected chi connectivity index (χ4v) is 1.80. The first-order chi connectivity index (χ1) is 11.0. The monoisotopic (exact) mass is 324 g/mol. The molecule has 1 heterocycles. The van der Waals surface area contributed by atoms with E-state index >= 15 is 0 Å². The molecule has 0 radical (unpaired) electrons. The lowest BCUT2D eigenvalue weighted by molar-refractivity contribution is -0.0512. The molecule has 0 saturated heterocycles. The van der Waals surface area contributed by atoms with Crippen molar-refractivity contribution in [3.63, 3.8) is 0 Å². The van der Waals surface area contributed by atoms with Crippen molar-refractivity contribution in [3.05, 3.63) is 47.4 Å². The van der Waals surface area contributed by atoms with Crippen molar-refractivity contribution in [3.8, 4) is 11.5 Å². The van der Waals surface area contributed by atoms with Crippen LogP contribution < -0.4 is 14.9 Å². The molecule has 0 spiro atoms. The Morgan fingerprint density at radius 3 is 2.74 bits per heavy atom. The van der Waals surface area contributed by atoms with E-state index in [-0.39, 0.29) is 11.5 Å². The number of hydrazone groups is 1. The molecular formula is C15H14F2N2O4. The van der Waals surface area contributed by atoms with E-state index in [0.29, 0.717) is 16.9 Å². The van der Waals surface area contributed by atoms with Crippen molar-refractivity contribution >= 4 is 12.1 Å². The van der Waals surface area contributed by atoms with Gasteiger partial charge in [-0.2, -0.15) is 13.9 Å². The minimum atomic E-state index is -2.94. The van der Waals surface area contributed by atoms with Gasteiger partial charge in [0, 0.05) is 0 Å². The first-order valence-corrected chi connectivity index (χ1v) is 6.51. The quantitative estimate of drug-likeness (QED) is 0.655. The summed E-state index contributed by atoms with van der Waals surface area (Å²) < 4.78 is 38.8. The first-order valence-electron chi connectivity index (χ1n) is 6.51. The molecule has 0 aliphatic carbocycles. The Labute approximate surface area is 130 Å². The van der Waals surface area contributed by atoms with Gasteiger partial charge in [-0.05, 0) is 36.8 Å². The number of nitrogens with zero attached hydrogens (tertiary/aromatic N) is 1. The fraction of sp³-hybridized carbons (Fsp3) is 0.200. The molecule has 2 rings (SSSR count). The maximum Gasteiger partial charge on any atom is 0.387 e. The number of aryl methyl sites for hydroxylation is 1. The van der Waals surface area contributed by atoms with E-state index < -0.39 is 12.5 Å². The van der Waals surface area contributed by atoms with Gasteiger partial charge in [0.1, 0.15) is 5.76 Å². The summed E-state index contributed by atoms with van der Waals surface area (Å²) in [5.41, 5.74) is 3.25. The van der Waals surface area contributed by atoms with Crippen LogP contribution in [0.1, 0.15) is 21.7 Å². The number of halogens is 2. The highest BCUT2D eigenvalue weighted by Crippen LogP contribution is 2.28. The number of benzene rings is 1. The molecule has 6 nitrogen and oxygen atoms in total. The number of carbonyl (C=O) groups excluding carboxylic acids is 1. The molecule has 0 saturated carbocycles. The van der Waals surface area contributed by atoms with E-state index in [0.717, 1.165) is 0 Å². The third-order valence-electron chi connectivity index (χ3n) is 2.89. The van der Waals surface area contributed by atoms with Gasteiger partial charge in [0.25, 0.3) is 5.91 Å². The normalized spacial score (nSPS) is 11.0. The lowest BCUT2D eigenvalue weighted by Gasteiger charge is -2.09. The van der Waals surface area contributed by atoms with E-state index in [1.165, 1.54) is 43.9 Å². The SMILES string of the molecule is COc1cc(/C=N\NC(=O)c2ccoc2C)ccc1OC(F)F. The molecular weight excluding hydrogens is 310 g/mol. The van der Waals surface area contributed by atoms with Gasteiger partial charge >= 0.3 is 6.61 Å². The molecule has 0 aliphatic heterocycles. The van der Waals surface area contributed by atoms with E-state index in [1.54, 1.807) is 6.92 Å². The van der Waals surface area contributed by atoms with E-state index in [2.05, 4.69) is 15.3 Å². The van der Waals surface area contributed by atoms with Crippen molar-refractivity contribution in [2.24, 2.45) is 5.10 Å². The summed E-state index contributed by atoms with van der Waals surface area (Å²) >= 11 is 0. The van der Waals surface area contributed by atoms with E-state index in [4.69, 9.17) is 9.15 Å². The highest BCUT2D eigenvalue weighted by Gasteiger charge is 2.11. The van der Waals surface area contributed by atoms with Crippen LogP contribution in [0.5, 0.6) is 11.5 Å². The molecule has 1 aromatic carbocycles. The Bertz CT molecular complexity index is 713. The fourth-order valence-electron chi connectivity index (χ4n) is 1.80. The van der Waals surface area contributed by atoms with Crippen molar-refractivity contribution in [2.75, 3.05) is 7.11 Å². The van der Waals surface area contributed by atoms with E-state index in [9.17, 15) is 13.6 Å². The largest absolute Gasteiger partial charge is 0.493 e. The molecule has 0 bridgehead atoms. The van der Waals surface area contributed by atoms with Gasteiger partial charge in [0.2, 0.25) is 0 Å². The minimum Gasteiger partial charge on any atom is -0.493 e. The summed E-state index contributed by atoms with van der Waals surface area (Å²) in [5.74, 6) is 0.106. The van der Waals surface area contributed by atoms with E-state index in [1.807, 2.05) is 0 Å². The summed E-state index contributed by atoms with van der Waals surface area (Å²) in [6.45, 7) is -1.29. The zero-order chi connectivity index (χ0) is 16.8. The average Bonchev–Trinajstić information content (AvgIpc) is 2.94. The Kier molecular flexibility index (Phi) is 5.29. The standard InChI is InChI=1S/C15H14F2N2O4/c1-9-11(5-6-22-9)14(20)19-18-8-10-3-4-12(23-15(16)17)13(7-10)21-2/h3-8,15H,1-2H3,(H,19,20)/b18-8-. The van der Waals surface area contributed by atoms with Gasteiger partial charge in [0.15, 0.2) is 11.5 Å². The predicted octanol–water partition coefficient (Wildman–Crippen LogP) is 2.96. The Morgan fingerprint density at radius 1 is 1.35 bits per heavy atom. The smallest absolute Gasteiger partial charge is 0.387 e. The van der Waals surface area contributed by atoms with Gasteiger partial charge < -0.3 is 13.9 Å². The van der Waals surface area contributed by atoms with Gasteiger partial charge in [-0.3, -0.25) is 4.79 Å². The first kappa shape index (κ1) is 16.5. The maximum absolute atomic E-state index is 12.2. The minimum absolute atomic E-state index is 0.0855. The zero-order valence-electron chi connectivity index (χ0n) is 12.4. The van der Waals surface area contributed by atoms with Crippen LogP contribution >= 0.6 is 0 Å². The number of ether oxygens (including phenoxy) is 2. The second kappa shape index (κ2) is 7.39. The molecule has 1 amide bonds. The highest BCUT2D eigenvalue weighted by molar-refractivity contribution is 5.95. The molecule has 23 heavy (non-hydrogen) atoms. The molecule has 2 aromatic rings. The Hall–Kier alpha value is -2.90. The average molecular weight is 324 g/mol. The number of amides is 1. The summed E-state index contributed by atoms with van der Waals surface area (Å²) in [6.07, 6.45) is 2.75. The molecule has 0 fully saturated rings. The maximum atomic E-state index is 12.2.